The second kappa shape index (κ2) is 12.4. The van der Waals surface area contributed by atoms with E-state index >= 15 is 0 Å². The number of carboxylic acid groups (broad SMARTS) is 3. The number of carbonyl (C=O) groups is 4. The lowest BCUT2D eigenvalue weighted by atomic mass is 10.2. The lowest BCUT2D eigenvalue weighted by Crippen LogP contribution is -2.11. The molecule has 0 saturated carbocycles. The fraction of sp³-hybridized carbons (Fsp3) is 0.385. The summed E-state index contributed by atoms with van der Waals surface area (Å²) in [6, 6.07) is 0. The third-order valence-electron chi connectivity index (χ3n) is 1.75. The number of hydrogen-bond acceptors (Lipinski definition) is 5. The summed E-state index contributed by atoms with van der Waals surface area (Å²) in [6.45, 7) is 5.62. The maximum Gasteiger partial charge on any atom is 0.333 e. The number of ether oxygens (including phenoxy) is 1. The van der Waals surface area contributed by atoms with E-state index in [-0.39, 0.29) is 12.0 Å². The average Bonchev–Trinajstić information content (AvgIpc) is 2.36. The summed E-state index contributed by atoms with van der Waals surface area (Å²) in [4.78, 5) is 40.3. The number of aliphatic carboxylic acids is 3. The van der Waals surface area contributed by atoms with Gasteiger partial charge in [-0.15, -0.1) is 0 Å². The van der Waals surface area contributed by atoms with Gasteiger partial charge in [0.2, 0.25) is 0 Å². The van der Waals surface area contributed by atoms with Crippen molar-refractivity contribution in [2.24, 2.45) is 0 Å². The molecular formula is C13H18O8. The van der Waals surface area contributed by atoms with Gasteiger partial charge in [0.15, 0.2) is 0 Å². The fourth-order valence-corrected chi connectivity index (χ4v) is 0.809. The maximum atomic E-state index is 11.0. The Kier molecular flexibility index (Phi) is 12.2. The van der Waals surface area contributed by atoms with E-state index in [1.54, 1.807) is 0 Å². The molecule has 0 aliphatic rings. The third kappa shape index (κ3) is 17.4. The fourth-order valence-electron chi connectivity index (χ4n) is 0.809. The molecule has 118 valence electrons. The molecule has 0 atom stereocenters. The largest absolute Gasteiger partial charge is 0.481 e. The van der Waals surface area contributed by atoms with Crippen LogP contribution < -0.4 is 0 Å². The Hall–Kier alpha value is -2.64. The summed E-state index contributed by atoms with van der Waals surface area (Å²) in [5, 5.41) is 24.0. The Morgan fingerprint density at radius 2 is 1.52 bits per heavy atom. The monoisotopic (exact) mass is 302 g/mol. The topological polar surface area (TPSA) is 138 Å². The van der Waals surface area contributed by atoms with Gasteiger partial charge in [0, 0.05) is 17.7 Å². The minimum atomic E-state index is -1.26. The number of rotatable bonds is 8. The number of esters is 1. The van der Waals surface area contributed by atoms with Gasteiger partial charge in [0.1, 0.15) is 0 Å². The number of carbonyl (C=O) groups excluding carboxylic acids is 1. The first-order chi connectivity index (χ1) is 9.70. The molecular weight excluding hydrogens is 284 g/mol. The van der Waals surface area contributed by atoms with E-state index in [1.165, 1.54) is 0 Å². The molecule has 0 aliphatic heterocycles. The highest BCUT2D eigenvalue weighted by molar-refractivity contribution is 5.92. The van der Waals surface area contributed by atoms with Gasteiger partial charge >= 0.3 is 23.9 Å². The summed E-state index contributed by atoms with van der Waals surface area (Å²) in [6.07, 6.45) is 2.47. The molecule has 0 unspecified atom stereocenters. The van der Waals surface area contributed by atoms with E-state index in [4.69, 9.17) is 20.1 Å². The Morgan fingerprint density at radius 1 is 1.05 bits per heavy atom. The molecule has 8 heteroatoms. The van der Waals surface area contributed by atoms with Crippen LogP contribution in [0.2, 0.25) is 0 Å². The van der Waals surface area contributed by atoms with E-state index < -0.39 is 23.9 Å². The third-order valence-corrected chi connectivity index (χ3v) is 1.75. The van der Waals surface area contributed by atoms with E-state index in [0.29, 0.717) is 18.8 Å². The van der Waals surface area contributed by atoms with E-state index in [2.05, 4.69) is 6.58 Å². The molecule has 0 rings (SSSR count). The van der Waals surface area contributed by atoms with Crippen LogP contribution in [0.3, 0.4) is 0 Å². The van der Waals surface area contributed by atoms with Crippen LogP contribution in [-0.4, -0.2) is 45.8 Å². The Labute approximate surface area is 121 Å². The normalized spacial score (nSPS) is 9.38. The zero-order valence-corrected chi connectivity index (χ0v) is 11.6. The summed E-state index contributed by atoms with van der Waals surface area (Å²) >= 11 is 0. The first-order valence-corrected chi connectivity index (χ1v) is 5.91. The van der Waals surface area contributed by atoms with Crippen LogP contribution in [0.15, 0.2) is 24.3 Å². The van der Waals surface area contributed by atoms with Crippen molar-refractivity contribution in [3.8, 4) is 0 Å². The standard InChI is InChI=1S/C9H14O4.C4H4O4/c1-3-4-5-13-9(12)7(2)6-8(10)11;5-3(6)1-2-4(7)8/h2-6H2,1H3,(H,10,11);1-2H,(H,5,6)(H,7,8)/b;2-1-. The van der Waals surface area contributed by atoms with E-state index in [0.717, 1.165) is 12.8 Å². The van der Waals surface area contributed by atoms with Gasteiger partial charge in [-0.3, -0.25) is 4.79 Å². The number of unbranched alkanes of at least 4 members (excludes halogenated alkanes) is 1. The highest BCUT2D eigenvalue weighted by atomic mass is 16.5. The molecule has 0 fully saturated rings. The Balaban J connectivity index is 0. The van der Waals surface area contributed by atoms with Crippen molar-refractivity contribution in [2.75, 3.05) is 6.61 Å². The summed E-state index contributed by atoms with van der Waals surface area (Å²) < 4.78 is 4.74. The zero-order chi connectivity index (χ0) is 16.8. The molecule has 0 heterocycles. The van der Waals surface area contributed by atoms with Crippen molar-refractivity contribution < 1.29 is 39.2 Å². The van der Waals surface area contributed by atoms with Crippen molar-refractivity contribution in [3.63, 3.8) is 0 Å². The van der Waals surface area contributed by atoms with Crippen molar-refractivity contribution in [3.05, 3.63) is 24.3 Å². The van der Waals surface area contributed by atoms with Crippen molar-refractivity contribution in [1.29, 1.82) is 0 Å². The van der Waals surface area contributed by atoms with Gasteiger partial charge in [-0.25, -0.2) is 14.4 Å². The molecule has 3 N–H and O–H groups in total. The number of carboxylic acids is 3. The van der Waals surface area contributed by atoms with Crippen LogP contribution in [0, 0.1) is 0 Å². The minimum absolute atomic E-state index is 0.0106. The molecule has 0 aliphatic carbocycles. The van der Waals surface area contributed by atoms with Gasteiger partial charge in [-0.05, 0) is 6.42 Å². The van der Waals surface area contributed by atoms with Gasteiger partial charge in [0.05, 0.1) is 13.0 Å². The van der Waals surface area contributed by atoms with Crippen LogP contribution >= 0.6 is 0 Å². The maximum absolute atomic E-state index is 11.0. The predicted molar refractivity (Wildman–Crippen MR) is 71.7 cm³/mol. The van der Waals surface area contributed by atoms with E-state index in [1.807, 2.05) is 6.92 Å². The van der Waals surface area contributed by atoms with Crippen LogP contribution in [-0.2, 0) is 23.9 Å². The molecule has 0 spiro atoms. The predicted octanol–water partition coefficient (Wildman–Crippen LogP) is 1.07. The first kappa shape index (κ1) is 20.7. The smallest absolute Gasteiger partial charge is 0.333 e. The van der Waals surface area contributed by atoms with Gasteiger partial charge in [-0.1, -0.05) is 19.9 Å². The van der Waals surface area contributed by atoms with Crippen molar-refractivity contribution in [2.45, 2.75) is 26.2 Å². The summed E-state index contributed by atoms with van der Waals surface area (Å²) in [5.41, 5.74) is -0.0106. The molecule has 0 aromatic carbocycles. The SMILES string of the molecule is C=C(CC(=O)O)C(=O)OCCCC.O=C(O)/C=C\C(=O)O. The van der Waals surface area contributed by atoms with Crippen molar-refractivity contribution in [1.82, 2.24) is 0 Å². The average molecular weight is 302 g/mol. The molecule has 0 saturated heterocycles. The Morgan fingerprint density at radius 3 is 1.86 bits per heavy atom. The van der Waals surface area contributed by atoms with Crippen LogP contribution in [0.4, 0.5) is 0 Å². The Bertz CT molecular complexity index is 406. The van der Waals surface area contributed by atoms with Crippen LogP contribution in [0.1, 0.15) is 26.2 Å². The second-order valence-corrected chi connectivity index (χ2v) is 3.67. The van der Waals surface area contributed by atoms with Gasteiger partial charge in [0.25, 0.3) is 0 Å². The molecule has 0 radical (unpaired) electrons. The molecule has 0 aromatic rings. The van der Waals surface area contributed by atoms with E-state index in [9.17, 15) is 19.2 Å². The number of hydrogen-bond donors (Lipinski definition) is 3. The lowest BCUT2D eigenvalue weighted by Gasteiger charge is -2.03. The minimum Gasteiger partial charge on any atom is -0.481 e. The second-order valence-electron chi connectivity index (χ2n) is 3.67. The van der Waals surface area contributed by atoms with Crippen LogP contribution in [0.25, 0.3) is 0 Å². The zero-order valence-electron chi connectivity index (χ0n) is 11.6. The summed E-state index contributed by atoms with van der Waals surface area (Å²) in [5.74, 6) is -4.20. The van der Waals surface area contributed by atoms with Gasteiger partial charge in [-0.2, -0.15) is 0 Å². The molecule has 8 nitrogen and oxygen atoms in total. The van der Waals surface area contributed by atoms with Gasteiger partial charge < -0.3 is 20.1 Å². The van der Waals surface area contributed by atoms with Crippen LogP contribution in [0.5, 0.6) is 0 Å². The highest BCUT2D eigenvalue weighted by Gasteiger charge is 2.11. The molecule has 0 amide bonds. The summed E-state index contributed by atoms with van der Waals surface area (Å²) in [7, 11) is 0. The van der Waals surface area contributed by atoms with Crippen molar-refractivity contribution >= 4 is 23.9 Å². The first-order valence-electron chi connectivity index (χ1n) is 5.91. The molecule has 0 aromatic heterocycles. The quantitative estimate of drug-likeness (QED) is 0.344. The molecule has 0 bridgehead atoms. The highest BCUT2D eigenvalue weighted by Crippen LogP contribution is 2.01. The lowest BCUT2D eigenvalue weighted by molar-refractivity contribution is -0.142. The molecule has 21 heavy (non-hydrogen) atoms.